The molecule has 0 saturated carbocycles. The van der Waals surface area contributed by atoms with Crippen LogP contribution < -0.4 is 0 Å². The Labute approximate surface area is 119 Å². The number of morpholine rings is 1. The van der Waals surface area contributed by atoms with Gasteiger partial charge in [0.05, 0.1) is 19.3 Å². The number of aryl methyl sites for hydroxylation is 1. The fourth-order valence-corrected chi connectivity index (χ4v) is 2.24. The third kappa shape index (κ3) is 3.79. The Kier molecular flexibility index (Phi) is 5.11. The quantitative estimate of drug-likeness (QED) is 0.822. The van der Waals surface area contributed by atoms with Crippen LogP contribution in [0.2, 0.25) is 0 Å². The molecule has 0 bridgehead atoms. The molecule has 1 aliphatic rings. The molecule has 6 heteroatoms. The Morgan fingerprint density at radius 3 is 2.95 bits per heavy atom. The number of carbonyl (C=O) groups excluding carboxylic acids is 1. The number of hydrogen-bond donors (Lipinski definition) is 0. The molecule has 0 spiro atoms. The fourth-order valence-electron chi connectivity index (χ4n) is 2.24. The Morgan fingerprint density at radius 2 is 2.30 bits per heavy atom. The summed E-state index contributed by atoms with van der Waals surface area (Å²) in [5.41, 5.74) is 0. The lowest BCUT2D eigenvalue weighted by Gasteiger charge is -2.33. The van der Waals surface area contributed by atoms with Gasteiger partial charge in [0.15, 0.2) is 5.82 Å². The third-order valence-corrected chi connectivity index (χ3v) is 3.47. The van der Waals surface area contributed by atoms with Gasteiger partial charge in [-0.1, -0.05) is 19.0 Å². The monoisotopic (exact) mass is 281 g/mol. The highest BCUT2D eigenvalue weighted by Crippen LogP contribution is 2.13. The number of nitrogens with zero attached hydrogens (tertiary/aromatic N) is 3. The summed E-state index contributed by atoms with van der Waals surface area (Å²) in [5.74, 6) is 1.80. The molecule has 0 aliphatic carbocycles. The highest BCUT2D eigenvalue weighted by Gasteiger charge is 2.23. The minimum absolute atomic E-state index is 0.173. The molecule has 6 nitrogen and oxygen atoms in total. The summed E-state index contributed by atoms with van der Waals surface area (Å²) in [7, 11) is 0. The van der Waals surface area contributed by atoms with Crippen LogP contribution in [0.1, 0.15) is 51.2 Å². The lowest BCUT2D eigenvalue weighted by atomic mass is 10.1. The zero-order valence-corrected chi connectivity index (χ0v) is 12.5. The van der Waals surface area contributed by atoms with E-state index in [1.165, 1.54) is 0 Å². The van der Waals surface area contributed by atoms with Crippen molar-refractivity contribution in [2.75, 3.05) is 19.8 Å². The standard InChI is InChI=1S/C14H23N3O3/c1-10(2)14-15-12(20-16-14)5-4-6-13(18)17-7-8-19-9-11(17)3/h10-11H,4-9H2,1-3H3/t11-/m1/s1. The van der Waals surface area contributed by atoms with Gasteiger partial charge in [-0.2, -0.15) is 4.98 Å². The Bertz CT molecular complexity index is 445. The van der Waals surface area contributed by atoms with Crippen molar-refractivity contribution in [1.29, 1.82) is 0 Å². The lowest BCUT2D eigenvalue weighted by molar-refractivity contribution is -0.139. The maximum Gasteiger partial charge on any atom is 0.226 e. The van der Waals surface area contributed by atoms with Crippen molar-refractivity contribution in [3.8, 4) is 0 Å². The molecular formula is C14H23N3O3. The maximum atomic E-state index is 12.1. The molecule has 1 fully saturated rings. The second kappa shape index (κ2) is 6.83. The highest BCUT2D eigenvalue weighted by molar-refractivity contribution is 5.76. The molecule has 1 aliphatic heterocycles. The predicted octanol–water partition coefficient (Wildman–Crippen LogP) is 1.76. The molecule has 0 unspecified atom stereocenters. The van der Waals surface area contributed by atoms with E-state index >= 15 is 0 Å². The van der Waals surface area contributed by atoms with Crippen molar-refractivity contribution < 1.29 is 14.1 Å². The summed E-state index contributed by atoms with van der Waals surface area (Å²) in [6, 6.07) is 0.173. The highest BCUT2D eigenvalue weighted by atomic mass is 16.5. The zero-order chi connectivity index (χ0) is 14.5. The molecule has 2 rings (SSSR count). The molecule has 0 N–H and O–H groups in total. The van der Waals surface area contributed by atoms with E-state index in [0.29, 0.717) is 38.5 Å². The summed E-state index contributed by atoms with van der Waals surface area (Å²) in [4.78, 5) is 18.3. The van der Waals surface area contributed by atoms with Crippen LogP contribution in [0.4, 0.5) is 0 Å². The van der Waals surface area contributed by atoms with Crippen LogP contribution in [-0.2, 0) is 16.0 Å². The second-order valence-electron chi connectivity index (χ2n) is 5.57. The summed E-state index contributed by atoms with van der Waals surface area (Å²) >= 11 is 0. The number of carbonyl (C=O) groups is 1. The van der Waals surface area contributed by atoms with Crippen molar-refractivity contribution in [2.24, 2.45) is 0 Å². The smallest absolute Gasteiger partial charge is 0.226 e. The van der Waals surface area contributed by atoms with Gasteiger partial charge in [0.2, 0.25) is 11.8 Å². The van der Waals surface area contributed by atoms with Gasteiger partial charge in [-0.25, -0.2) is 0 Å². The van der Waals surface area contributed by atoms with E-state index in [2.05, 4.69) is 10.1 Å². The van der Waals surface area contributed by atoms with Gasteiger partial charge in [0.25, 0.3) is 0 Å². The van der Waals surface area contributed by atoms with Gasteiger partial charge < -0.3 is 14.2 Å². The second-order valence-corrected chi connectivity index (χ2v) is 5.57. The van der Waals surface area contributed by atoms with E-state index < -0.39 is 0 Å². The molecule has 20 heavy (non-hydrogen) atoms. The average Bonchev–Trinajstić information content (AvgIpc) is 2.88. The lowest BCUT2D eigenvalue weighted by Crippen LogP contribution is -2.47. The normalized spacial score (nSPS) is 19.6. The summed E-state index contributed by atoms with van der Waals surface area (Å²) in [6.07, 6.45) is 1.91. The molecule has 1 aromatic rings. The van der Waals surface area contributed by atoms with Crippen LogP contribution in [-0.4, -0.2) is 46.7 Å². The van der Waals surface area contributed by atoms with Crippen molar-refractivity contribution in [3.05, 3.63) is 11.7 Å². The minimum atomic E-state index is 0.173. The summed E-state index contributed by atoms with van der Waals surface area (Å²) in [6.45, 7) is 8.03. The van der Waals surface area contributed by atoms with Crippen LogP contribution in [0, 0.1) is 0 Å². The number of amides is 1. The Balaban J connectivity index is 1.75. The van der Waals surface area contributed by atoms with E-state index in [0.717, 1.165) is 12.2 Å². The van der Waals surface area contributed by atoms with E-state index in [9.17, 15) is 4.79 Å². The van der Waals surface area contributed by atoms with Crippen molar-refractivity contribution >= 4 is 5.91 Å². The first-order valence-corrected chi connectivity index (χ1v) is 7.27. The zero-order valence-electron chi connectivity index (χ0n) is 12.5. The first-order valence-electron chi connectivity index (χ1n) is 7.27. The molecule has 1 aromatic heterocycles. The molecule has 0 aromatic carbocycles. The van der Waals surface area contributed by atoms with Crippen molar-refractivity contribution in [2.45, 2.75) is 52.0 Å². The van der Waals surface area contributed by atoms with Gasteiger partial charge in [-0.15, -0.1) is 0 Å². The fraction of sp³-hybridized carbons (Fsp3) is 0.786. The van der Waals surface area contributed by atoms with Crippen LogP contribution in [0.3, 0.4) is 0 Å². The largest absolute Gasteiger partial charge is 0.377 e. The number of rotatable bonds is 5. The van der Waals surface area contributed by atoms with Gasteiger partial charge in [0.1, 0.15) is 0 Å². The molecule has 1 saturated heterocycles. The van der Waals surface area contributed by atoms with Crippen molar-refractivity contribution in [1.82, 2.24) is 15.0 Å². The van der Waals surface area contributed by atoms with Crippen LogP contribution >= 0.6 is 0 Å². The number of hydrogen-bond acceptors (Lipinski definition) is 5. The topological polar surface area (TPSA) is 68.5 Å². The van der Waals surface area contributed by atoms with Crippen LogP contribution in [0.15, 0.2) is 4.52 Å². The average molecular weight is 281 g/mol. The van der Waals surface area contributed by atoms with Crippen molar-refractivity contribution in [3.63, 3.8) is 0 Å². The molecule has 1 atom stereocenters. The van der Waals surface area contributed by atoms with Gasteiger partial charge >= 0.3 is 0 Å². The SMILES string of the molecule is CC(C)c1noc(CCCC(=O)N2CCOC[C@H]2C)n1. The van der Waals surface area contributed by atoms with Crippen LogP contribution in [0.5, 0.6) is 0 Å². The first kappa shape index (κ1) is 15.0. The van der Waals surface area contributed by atoms with Gasteiger partial charge in [0, 0.05) is 25.3 Å². The van der Waals surface area contributed by atoms with E-state index in [1.54, 1.807) is 0 Å². The molecule has 112 valence electrons. The summed E-state index contributed by atoms with van der Waals surface area (Å²) in [5, 5.41) is 3.92. The molecular weight excluding hydrogens is 258 g/mol. The Hall–Kier alpha value is -1.43. The summed E-state index contributed by atoms with van der Waals surface area (Å²) < 4.78 is 10.5. The van der Waals surface area contributed by atoms with E-state index in [4.69, 9.17) is 9.26 Å². The first-order chi connectivity index (χ1) is 9.58. The molecule has 1 amide bonds. The Morgan fingerprint density at radius 1 is 1.50 bits per heavy atom. The predicted molar refractivity (Wildman–Crippen MR) is 73.3 cm³/mol. The van der Waals surface area contributed by atoms with Crippen LogP contribution in [0.25, 0.3) is 0 Å². The van der Waals surface area contributed by atoms with Gasteiger partial charge in [-0.05, 0) is 13.3 Å². The molecule has 2 heterocycles. The number of ether oxygens (including phenoxy) is 1. The number of aromatic nitrogens is 2. The minimum Gasteiger partial charge on any atom is -0.377 e. The molecule has 0 radical (unpaired) electrons. The van der Waals surface area contributed by atoms with E-state index in [1.807, 2.05) is 25.7 Å². The van der Waals surface area contributed by atoms with Gasteiger partial charge in [-0.3, -0.25) is 4.79 Å². The van der Waals surface area contributed by atoms with E-state index in [-0.39, 0.29) is 17.9 Å². The third-order valence-electron chi connectivity index (χ3n) is 3.47. The maximum absolute atomic E-state index is 12.1.